The molecule has 2 unspecified atom stereocenters. The van der Waals surface area contributed by atoms with Crippen LogP contribution in [0.3, 0.4) is 0 Å². The quantitative estimate of drug-likeness (QED) is 0.797. The van der Waals surface area contributed by atoms with Crippen LogP contribution in [0, 0.1) is 5.92 Å². The highest BCUT2D eigenvalue weighted by molar-refractivity contribution is 5.89. The minimum absolute atomic E-state index is 0.0408. The summed E-state index contributed by atoms with van der Waals surface area (Å²) in [6.45, 7) is 3.75. The zero-order chi connectivity index (χ0) is 14.0. The molecule has 0 aromatic heterocycles. The third-order valence-corrected chi connectivity index (χ3v) is 3.69. The van der Waals surface area contributed by atoms with E-state index in [0.717, 1.165) is 18.8 Å². The van der Waals surface area contributed by atoms with Crippen molar-refractivity contribution in [1.29, 1.82) is 0 Å². The Bertz CT molecular complexity index is 443. The molecule has 1 aromatic rings. The topological polar surface area (TPSA) is 61.6 Å². The van der Waals surface area contributed by atoms with Crippen molar-refractivity contribution in [2.75, 3.05) is 38.2 Å². The van der Waals surface area contributed by atoms with Gasteiger partial charge in [0, 0.05) is 30.5 Å². The summed E-state index contributed by atoms with van der Waals surface area (Å²) in [6.07, 6.45) is 0. The lowest BCUT2D eigenvalue weighted by molar-refractivity contribution is 0.216. The van der Waals surface area contributed by atoms with E-state index in [1.54, 1.807) is 12.1 Å². The van der Waals surface area contributed by atoms with E-state index < -0.39 is 0 Å². The lowest BCUT2D eigenvalue weighted by Crippen LogP contribution is -2.37. The summed E-state index contributed by atoms with van der Waals surface area (Å²) in [5.74, 6) is 0.493. The number of nitrogens with one attached hydrogen (secondary N) is 1. The van der Waals surface area contributed by atoms with Crippen LogP contribution in [0.4, 0.5) is 16.2 Å². The minimum atomic E-state index is -0.0408. The van der Waals surface area contributed by atoms with E-state index in [9.17, 15) is 4.79 Å². The number of anilines is 2. The number of likely N-dealkylation sites (tertiary alicyclic amines) is 1. The fourth-order valence-electron chi connectivity index (χ4n) is 2.56. The van der Waals surface area contributed by atoms with Crippen LogP contribution in [-0.4, -0.2) is 49.1 Å². The maximum absolute atomic E-state index is 12.2. The van der Waals surface area contributed by atoms with Gasteiger partial charge < -0.3 is 20.9 Å². The number of amides is 2. The van der Waals surface area contributed by atoms with Crippen molar-refractivity contribution >= 4 is 17.4 Å². The summed E-state index contributed by atoms with van der Waals surface area (Å²) in [4.78, 5) is 16.2. The van der Waals surface area contributed by atoms with Crippen LogP contribution in [0.25, 0.3) is 0 Å². The number of hydrogen-bond acceptors (Lipinski definition) is 3. The average Bonchev–Trinajstić information content (AvgIpc) is 2.74. The van der Waals surface area contributed by atoms with Crippen LogP contribution in [-0.2, 0) is 0 Å². The van der Waals surface area contributed by atoms with E-state index in [4.69, 9.17) is 5.73 Å². The van der Waals surface area contributed by atoms with E-state index in [1.807, 2.05) is 17.0 Å². The molecular formula is C14H22N4O. The van der Waals surface area contributed by atoms with Crippen molar-refractivity contribution in [3.05, 3.63) is 24.3 Å². The van der Waals surface area contributed by atoms with Crippen LogP contribution >= 0.6 is 0 Å². The number of carbonyl (C=O) groups is 1. The Labute approximate surface area is 114 Å². The number of hydrogen-bond donors (Lipinski definition) is 2. The van der Waals surface area contributed by atoms with Gasteiger partial charge in [0.1, 0.15) is 0 Å². The van der Waals surface area contributed by atoms with Gasteiger partial charge in [0.15, 0.2) is 0 Å². The second-order valence-electron chi connectivity index (χ2n) is 5.47. The molecule has 104 valence electrons. The molecule has 3 N–H and O–H groups in total. The van der Waals surface area contributed by atoms with Crippen molar-refractivity contribution < 1.29 is 4.79 Å². The second-order valence-corrected chi connectivity index (χ2v) is 5.47. The third-order valence-electron chi connectivity index (χ3n) is 3.69. The number of rotatable bonds is 2. The van der Waals surface area contributed by atoms with Crippen LogP contribution in [0.2, 0.25) is 0 Å². The van der Waals surface area contributed by atoms with Gasteiger partial charge in [0.25, 0.3) is 0 Å². The predicted octanol–water partition coefficient (Wildman–Crippen LogP) is 1.68. The first-order valence-corrected chi connectivity index (χ1v) is 6.55. The molecule has 5 nitrogen and oxygen atoms in total. The molecule has 5 heteroatoms. The van der Waals surface area contributed by atoms with Gasteiger partial charge >= 0.3 is 6.03 Å². The van der Waals surface area contributed by atoms with Crippen molar-refractivity contribution in [2.45, 2.75) is 13.0 Å². The molecule has 1 heterocycles. The Balaban J connectivity index is 1.96. The van der Waals surface area contributed by atoms with E-state index >= 15 is 0 Å². The third kappa shape index (κ3) is 3.17. The molecule has 1 saturated heterocycles. The Morgan fingerprint density at radius 1 is 1.32 bits per heavy atom. The molecule has 2 rings (SSSR count). The lowest BCUT2D eigenvalue weighted by Gasteiger charge is -2.22. The summed E-state index contributed by atoms with van der Waals surface area (Å²) in [5.41, 5.74) is 7.09. The summed E-state index contributed by atoms with van der Waals surface area (Å²) in [5, 5.41) is 2.90. The zero-order valence-electron chi connectivity index (χ0n) is 11.8. The average molecular weight is 262 g/mol. The second kappa shape index (κ2) is 5.48. The number of carbonyl (C=O) groups excluding carboxylic acids is 1. The monoisotopic (exact) mass is 262 g/mol. The van der Waals surface area contributed by atoms with Gasteiger partial charge in [-0.1, -0.05) is 6.92 Å². The minimum Gasteiger partial charge on any atom is -0.399 e. The lowest BCUT2D eigenvalue weighted by atomic mass is 10.1. The van der Waals surface area contributed by atoms with Gasteiger partial charge in [-0.3, -0.25) is 0 Å². The molecule has 0 saturated carbocycles. The normalized spacial score (nSPS) is 22.8. The first-order valence-electron chi connectivity index (χ1n) is 6.55. The van der Waals surface area contributed by atoms with E-state index in [1.165, 1.54) is 0 Å². The number of nitrogen functional groups attached to an aromatic ring is 1. The molecule has 19 heavy (non-hydrogen) atoms. The van der Waals surface area contributed by atoms with E-state index in [2.05, 4.69) is 31.2 Å². The summed E-state index contributed by atoms with van der Waals surface area (Å²) < 4.78 is 0. The Morgan fingerprint density at radius 3 is 2.47 bits per heavy atom. The van der Waals surface area contributed by atoms with Crippen molar-refractivity contribution in [3.63, 3.8) is 0 Å². The molecule has 1 aromatic carbocycles. The number of nitrogens with two attached hydrogens (primary N) is 1. The van der Waals surface area contributed by atoms with Gasteiger partial charge in [0.2, 0.25) is 0 Å². The maximum Gasteiger partial charge on any atom is 0.321 e. The molecule has 0 radical (unpaired) electrons. The van der Waals surface area contributed by atoms with Crippen molar-refractivity contribution in [2.24, 2.45) is 5.92 Å². The molecular weight excluding hydrogens is 240 g/mol. The number of benzene rings is 1. The maximum atomic E-state index is 12.2. The standard InChI is InChI=1S/C14H22N4O/c1-10-8-18(9-13(10)17(2)3)14(19)16-12-6-4-11(15)5-7-12/h4-7,10,13H,8-9,15H2,1-3H3,(H,16,19). The Kier molecular flexibility index (Phi) is 3.95. The number of nitrogens with zero attached hydrogens (tertiary/aromatic N) is 2. The van der Waals surface area contributed by atoms with Gasteiger partial charge in [-0.2, -0.15) is 0 Å². The molecule has 0 spiro atoms. The first-order chi connectivity index (χ1) is 8.97. The zero-order valence-corrected chi connectivity index (χ0v) is 11.8. The van der Waals surface area contributed by atoms with Gasteiger partial charge in [0.05, 0.1) is 0 Å². The molecule has 0 bridgehead atoms. The largest absolute Gasteiger partial charge is 0.399 e. The fraction of sp³-hybridized carbons (Fsp3) is 0.500. The SMILES string of the molecule is CC1CN(C(=O)Nc2ccc(N)cc2)CC1N(C)C. The van der Waals surface area contributed by atoms with Crippen LogP contribution in [0.1, 0.15) is 6.92 Å². The van der Waals surface area contributed by atoms with Crippen molar-refractivity contribution in [3.8, 4) is 0 Å². The summed E-state index contributed by atoms with van der Waals surface area (Å²) >= 11 is 0. The molecule has 0 aliphatic carbocycles. The highest BCUT2D eigenvalue weighted by atomic mass is 16.2. The van der Waals surface area contributed by atoms with Crippen LogP contribution in [0.15, 0.2) is 24.3 Å². The Hall–Kier alpha value is -1.75. The molecule has 1 fully saturated rings. The Morgan fingerprint density at radius 2 is 1.95 bits per heavy atom. The summed E-state index contributed by atoms with van der Waals surface area (Å²) in [7, 11) is 4.12. The van der Waals surface area contributed by atoms with Crippen molar-refractivity contribution in [1.82, 2.24) is 9.80 Å². The highest BCUT2D eigenvalue weighted by Crippen LogP contribution is 2.21. The highest BCUT2D eigenvalue weighted by Gasteiger charge is 2.33. The van der Waals surface area contributed by atoms with Gasteiger partial charge in [-0.25, -0.2) is 4.79 Å². The number of likely N-dealkylation sites (N-methyl/N-ethyl adjacent to an activating group) is 1. The van der Waals surface area contributed by atoms with Crippen LogP contribution < -0.4 is 11.1 Å². The predicted molar refractivity (Wildman–Crippen MR) is 78.1 cm³/mol. The molecule has 2 atom stereocenters. The van der Waals surface area contributed by atoms with Crippen LogP contribution in [0.5, 0.6) is 0 Å². The van der Waals surface area contributed by atoms with E-state index in [-0.39, 0.29) is 6.03 Å². The van der Waals surface area contributed by atoms with Gasteiger partial charge in [-0.05, 0) is 44.3 Å². The molecule has 2 amide bonds. The molecule has 1 aliphatic rings. The van der Waals surface area contributed by atoms with Gasteiger partial charge in [-0.15, -0.1) is 0 Å². The summed E-state index contributed by atoms with van der Waals surface area (Å²) in [6, 6.07) is 7.58. The molecule has 1 aliphatic heterocycles. The smallest absolute Gasteiger partial charge is 0.321 e. The van der Waals surface area contributed by atoms with E-state index in [0.29, 0.717) is 17.6 Å². The fourth-order valence-corrected chi connectivity index (χ4v) is 2.56. The first kappa shape index (κ1) is 13.7. The number of urea groups is 1.